The van der Waals surface area contributed by atoms with Crippen LogP contribution in [-0.2, 0) is 9.47 Å². The molecule has 0 spiro atoms. The second-order valence-electron chi connectivity index (χ2n) is 3.67. The van der Waals surface area contributed by atoms with Gasteiger partial charge in [0.05, 0.1) is 22.6 Å². The van der Waals surface area contributed by atoms with Crippen molar-refractivity contribution >= 4 is 27.4 Å². The summed E-state index contributed by atoms with van der Waals surface area (Å²) < 4.78 is 10.7. The highest BCUT2D eigenvalue weighted by Crippen LogP contribution is 2.24. The van der Waals surface area contributed by atoms with Crippen LogP contribution in [0.5, 0.6) is 0 Å². The van der Waals surface area contributed by atoms with Crippen molar-refractivity contribution in [2.24, 2.45) is 0 Å². The van der Waals surface area contributed by atoms with Crippen LogP contribution in [0.25, 0.3) is 0 Å². The van der Waals surface area contributed by atoms with Gasteiger partial charge in [-0.2, -0.15) is 0 Å². The SMILES string of the molecule is COCCOCCCNc1ncc([N+](=O)[O-])cc1Br. The van der Waals surface area contributed by atoms with E-state index < -0.39 is 4.92 Å². The van der Waals surface area contributed by atoms with Gasteiger partial charge in [-0.15, -0.1) is 0 Å². The third kappa shape index (κ3) is 5.95. The molecule has 8 heteroatoms. The van der Waals surface area contributed by atoms with Gasteiger partial charge in [-0.3, -0.25) is 10.1 Å². The Morgan fingerprint density at radius 1 is 1.47 bits per heavy atom. The Morgan fingerprint density at radius 2 is 2.26 bits per heavy atom. The first-order chi connectivity index (χ1) is 9.15. The van der Waals surface area contributed by atoms with Crippen molar-refractivity contribution in [3.63, 3.8) is 0 Å². The normalized spacial score (nSPS) is 10.4. The summed E-state index contributed by atoms with van der Waals surface area (Å²) in [5, 5.41) is 13.6. The molecule has 0 aliphatic carbocycles. The average molecular weight is 334 g/mol. The van der Waals surface area contributed by atoms with E-state index in [1.54, 1.807) is 7.11 Å². The van der Waals surface area contributed by atoms with Crippen LogP contribution in [0.1, 0.15) is 6.42 Å². The minimum Gasteiger partial charge on any atom is -0.382 e. The predicted octanol–water partition coefficient (Wildman–Crippen LogP) is 2.22. The molecule has 0 unspecified atom stereocenters. The van der Waals surface area contributed by atoms with E-state index >= 15 is 0 Å². The maximum atomic E-state index is 10.5. The second-order valence-corrected chi connectivity index (χ2v) is 4.52. The molecule has 1 N–H and O–H groups in total. The molecule has 0 saturated carbocycles. The van der Waals surface area contributed by atoms with Gasteiger partial charge in [-0.05, 0) is 22.4 Å². The van der Waals surface area contributed by atoms with Gasteiger partial charge in [0, 0.05) is 26.3 Å². The van der Waals surface area contributed by atoms with Crippen molar-refractivity contribution in [2.75, 3.05) is 38.8 Å². The first-order valence-electron chi connectivity index (χ1n) is 5.75. The molecule has 0 saturated heterocycles. The first-order valence-corrected chi connectivity index (χ1v) is 6.55. The molecule has 1 aromatic heterocycles. The average Bonchev–Trinajstić information content (AvgIpc) is 2.39. The molecule has 0 atom stereocenters. The molecule has 1 aromatic rings. The molecule has 7 nitrogen and oxygen atoms in total. The predicted molar refractivity (Wildman–Crippen MR) is 74.4 cm³/mol. The summed E-state index contributed by atoms with van der Waals surface area (Å²) in [5.74, 6) is 0.586. The standard InChI is InChI=1S/C11H16BrN3O4/c1-18-5-6-19-4-2-3-13-11-10(12)7-9(8-14-11)15(16)17/h7-8H,2-6H2,1H3,(H,13,14). The fraction of sp³-hybridized carbons (Fsp3) is 0.545. The Bertz CT molecular complexity index is 417. The summed E-state index contributed by atoms with van der Waals surface area (Å²) in [6, 6.07) is 1.42. The molecule has 0 bridgehead atoms. The van der Waals surface area contributed by atoms with E-state index in [9.17, 15) is 10.1 Å². The van der Waals surface area contributed by atoms with Gasteiger partial charge in [0.25, 0.3) is 5.69 Å². The number of nitrogens with zero attached hydrogens (tertiary/aromatic N) is 2. The quantitative estimate of drug-likeness (QED) is 0.423. The Balaban J connectivity index is 2.28. The second kappa shape index (κ2) is 8.78. The highest BCUT2D eigenvalue weighted by molar-refractivity contribution is 9.10. The Kier molecular flexibility index (Phi) is 7.31. The van der Waals surface area contributed by atoms with E-state index in [1.807, 2.05) is 0 Å². The van der Waals surface area contributed by atoms with E-state index in [4.69, 9.17) is 9.47 Å². The maximum Gasteiger partial charge on any atom is 0.288 e. The van der Waals surface area contributed by atoms with Crippen LogP contribution in [0.2, 0.25) is 0 Å². The van der Waals surface area contributed by atoms with Crippen molar-refractivity contribution in [1.29, 1.82) is 0 Å². The maximum absolute atomic E-state index is 10.5. The third-order valence-electron chi connectivity index (χ3n) is 2.23. The Hall–Kier alpha value is -1.25. The zero-order valence-electron chi connectivity index (χ0n) is 10.6. The van der Waals surface area contributed by atoms with E-state index in [0.717, 1.165) is 6.42 Å². The lowest BCUT2D eigenvalue weighted by atomic mass is 10.4. The number of rotatable bonds is 9. The van der Waals surface area contributed by atoms with Crippen LogP contribution in [0.4, 0.5) is 11.5 Å². The molecular weight excluding hydrogens is 318 g/mol. The molecule has 0 amide bonds. The van der Waals surface area contributed by atoms with Gasteiger partial charge in [0.2, 0.25) is 0 Å². The van der Waals surface area contributed by atoms with Gasteiger partial charge in [-0.1, -0.05) is 0 Å². The number of hydrogen-bond donors (Lipinski definition) is 1. The molecule has 0 aromatic carbocycles. The minimum absolute atomic E-state index is 0.0414. The number of nitrogens with one attached hydrogen (secondary N) is 1. The first kappa shape index (κ1) is 15.8. The van der Waals surface area contributed by atoms with E-state index in [-0.39, 0.29) is 5.69 Å². The fourth-order valence-corrected chi connectivity index (χ4v) is 1.76. The molecule has 1 rings (SSSR count). The lowest BCUT2D eigenvalue weighted by Crippen LogP contribution is -2.09. The Morgan fingerprint density at radius 3 is 2.89 bits per heavy atom. The molecule has 0 aliphatic heterocycles. The minimum atomic E-state index is -0.481. The highest BCUT2D eigenvalue weighted by Gasteiger charge is 2.09. The van der Waals surface area contributed by atoms with E-state index in [2.05, 4.69) is 26.2 Å². The van der Waals surface area contributed by atoms with Gasteiger partial charge in [0.15, 0.2) is 0 Å². The number of ether oxygens (including phenoxy) is 2. The number of hydrogen-bond acceptors (Lipinski definition) is 6. The summed E-state index contributed by atoms with van der Waals surface area (Å²) >= 11 is 3.24. The summed E-state index contributed by atoms with van der Waals surface area (Å²) in [5.41, 5.74) is -0.0414. The number of methoxy groups -OCH3 is 1. The van der Waals surface area contributed by atoms with Crippen LogP contribution in [0, 0.1) is 10.1 Å². The monoisotopic (exact) mass is 333 g/mol. The lowest BCUT2D eigenvalue weighted by Gasteiger charge is -2.07. The molecule has 106 valence electrons. The van der Waals surface area contributed by atoms with Crippen molar-refractivity contribution in [3.8, 4) is 0 Å². The smallest absolute Gasteiger partial charge is 0.288 e. The van der Waals surface area contributed by atoms with Gasteiger partial charge in [-0.25, -0.2) is 4.98 Å². The van der Waals surface area contributed by atoms with Crippen molar-refractivity contribution in [3.05, 3.63) is 26.9 Å². The zero-order chi connectivity index (χ0) is 14.1. The molecule has 1 heterocycles. The largest absolute Gasteiger partial charge is 0.382 e. The van der Waals surface area contributed by atoms with Gasteiger partial charge in [0.1, 0.15) is 12.0 Å². The summed E-state index contributed by atoms with van der Waals surface area (Å²) in [6.07, 6.45) is 2.04. The fourth-order valence-electron chi connectivity index (χ4n) is 1.28. The molecule has 0 fully saturated rings. The number of aromatic nitrogens is 1. The van der Waals surface area contributed by atoms with E-state index in [1.165, 1.54) is 12.3 Å². The van der Waals surface area contributed by atoms with Crippen LogP contribution in [0.15, 0.2) is 16.7 Å². The summed E-state index contributed by atoms with van der Waals surface area (Å²) in [6.45, 7) is 2.47. The summed E-state index contributed by atoms with van der Waals surface area (Å²) in [4.78, 5) is 14.1. The van der Waals surface area contributed by atoms with Crippen LogP contribution < -0.4 is 5.32 Å². The van der Waals surface area contributed by atoms with Crippen molar-refractivity contribution in [1.82, 2.24) is 4.98 Å². The van der Waals surface area contributed by atoms with Crippen molar-refractivity contribution in [2.45, 2.75) is 6.42 Å². The van der Waals surface area contributed by atoms with E-state index in [0.29, 0.717) is 36.7 Å². The lowest BCUT2D eigenvalue weighted by molar-refractivity contribution is -0.385. The van der Waals surface area contributed by atoms with Crippen LogP contribution in [-0.4, -0.2) is 43.4 Å². The number of anilines is 1. The van der Waals surface area contributed by atoms with Crippen LogP contribution in [0.3, 0.4) is 0 Å². The molecule has 0 aliphatic rings. The Labute approximate surface area is 119 Å². The number of halogens is 1. The summed E-state index contributed by atoms with van der Waals surface area (Å²) in [7, 11) is 1.63. The van der Waals surface area contributed by atoms with Crippen LogP contribution >= 0.6 is 15.9 Å². The number of pyridine rings is 1. The zero-order valence-corrected chi connectivity index (χ0v) is 12.2. The topological polar surface area (TPSA) is 86.5 Å². The van der Waals surface area contributed by atoms with Crippen molar-refractivity contribution < 1.29 is 14.4 Å². The highest BCUT2D eigenvalue weighted by atomic mass is 79.9. The van der Waals surface area contributed by atoms with Gasteiger partial charge >= 0.3 is 0 Å². The molecule has 19 heavy (non-hydrogen) atoms. The van der Waals surface area contributed by atoms with Gasteiger partial charge < -0.3 is 14.8 Å². The third-order valence-corrected chi connectivity index (χ3v) is 2.83. The molecular formula is C11H16BrN3O4. The molecule has 0 radical (unpaired) electrons. The number of nitro groups is 1.